The molecule has 1 aromatic carbocycles. The maximum Gasteiger partial charge on any atom is 0.348 e. The predicted octanol–water partition coefficient (Wildman–Crippen LogP) is 3.29. The number of hydrogen-bond donors (Lipinski definition) is 2. The van der Waals surface area contributed by atoms with E-state index in [-0.39, 0.29) is 10.6 Å². The quantitative estimate of drug-likeness (QED) is 0.913. The van der Waals surface area contributed by atoms with Crippen LogP contribution in [0, 0.1) is 18.6 Å². The van der Waals surface area contributed by atoms with Crippen LogP contribution >= 0.6 is 11.3 Å². The zero-order valence-electron chi connectivity index (χ0n) is 10.2. The molecule has 0 radical (unpaired) electrons. The first-order chi connectivity index (χ1) is 9.41. The van der Waals surface area contributed by atoms with Crippen molar-refractivity contribution < 1.29 is 23.5 Å². The maximum absolute atomic E-state index is 13.5. The molecule has 2 rings (SSSR count). The monoisotopic (exact) mass is 297 g/mol. The molecule has 0 bridgehead atoms. The number of aromatic carboxylic acids is 1. The third-order valence-electron chi connectivity index (χ3n) is 2.60. The second kappa shape index (κ2) is 5.38. The van der Waals surface area contributed by atoms with Gasteiger partial charge in [-0.3, -0.25) is 4.79 Å². The van der Waals surface area contributed by atoms with Crippen LogP contribution in [0.1, 0.15) is 25.6 Å². The molecule has 0 aliphatic rings. The van der Waals surface area contributed by atoms with Gasteiger partial charge in [0.2, 0.25) is 0 Å². The molecular formula is C13H9F2NO3S. The Morgan fingerprint density at radius 2 is 2.00 bits per heavy atom. The number of nitrogens with one attached hydrogen (secondary N) is 1. The van der Waals surface area contributed by atoms with Crippen molar-refractivity contribution in [2.24, 2.45) is 0 Å². The molecule has 104 valence electrons. The summed E-state index contributed by atoms with van der Waals surface area (Å²) in [6.07, 6.45) is 0. The summed E-state index contributed by atoms with van der Waals surface area (Å²) in [5.74, 6) is -4.50. The molecule has 2 N–H and O–H groups in total. The van der Waals surface area contributed by atoms with Crippen molar-refractivity contribution in [3.8, 4) is 0 Å². The van der Waals surface area contributed by atoms with Gasteiger partial charge in [-0.2, -0.15) is 0 Å². The SMILES string of the molecule is Cc1csc(C(=O)O)c1NC(=O)c1cccc(F)c1F. The molecule has 0 saturated heterocycles. The molecular weight excluding hydrogens is 288 g/mol. The molecule has 7 heteroatoms. The highest BCUT2D eigenvalue weighted by atomic mass is 32.1. The van der Waals surface area contributed by atoms with Crippen molar-refractivity contribution in [2.45, 2.75) is 6.92 Å². The van der Waals surface area contributed by atoms with Gasteiger partial charge in [-0.25, -0.2) is 13.6 Å². The molecule has 0 aliphatic heterocycles. The minimum Gasteiger partial charge on any atom is -0.477 e. The Balaban J connectivity index is 2.35. The van der Waals surface area contributed by atoms with Gasteiger partial charge in [-0.05, 0) is 30.0 Å². The lowest BCUT2D eigenvalue weighted by atomic mass is 10.1. The van der Waals surface area contributed by atoms with Gasteiger partial charge in [-0.1, -0.05) is 6.07 Å². The van der Waals surface area contributed by atoms with Crippen LogP contribution in [0.25, 0.3) is 0 Å². The summed E-state index contributed by atoms with van der Waals surface area (Å²) < 4.78 is 26.5. The van der Waals surface area contributed by atoms with Gasteiger partial charge in [0.05, 0.1) is 11.3 Å². The van der Waals surface area contributed by atoms with E-state index in [1.165, 1.54) is 6.07 Å². The minimum atomic E-state index is -1.27. The number of benzene rings is 1. The molecule has 0 unspecified atom stereocenters. The van der Waals surface area contributed by atoms with E-state index < -0.39 is 29.1 Å². The molecule has 2 aromatic rings. The maximum atomic E-state index is 13.5. The van der Waals surface area contributed by atoms with Gasteiger partial charge in [0, 0.05) is 0 Å². The number of amides is 1. The number of carboxylic acids is 1. The molecule has 0 fully saturated rings. The lowest BCUT2D eigenvalue weighted by Gasteiger charge is -2.07. The summed E-state index contributed by atoms with van der Waals surface area (Å²) in [6, 6.07) is 3.21. The Morgan fingerprint density at radius 3 is 2.65 bits per heavy atom. The Bertz CT molecular complexity index is 697. The summed E-state index contributed by atoms with van der Waals surface area (Å²) in [7, 11) is 0. The Labute approximate surface area is 116 Å². The molecule has 4 nitrogen and oxygen atoms in total. The van der Waals surface area contributed by atoms with E-state index in [0.29, 0.717) is 5.56 Å². The van der Waals surface area contributed by atoms with Crippen LogP contribution in [-0.2, 0) is 0 Å². The number of anilines is 1. The second-order valence-corrected chi connectivity index (χ2v) is 4.86. The van der Waals surface area contributed by atoms with Crippen molar-refractivity contribution in [3.05, 3.63) is 51.2 Å². The average molecular weight is 297 g/mol. The fourth-order valence-corrected chi connectivity index (χ4v) is 2.46. The normalized spacial score (nSPS) is 10.3. The number of carbonyl (C=O) groups excluding carboxylic acids is 1. The van der Waals surface area contributed by atoms with Gasteiger partial charge >= 0.3 is 5.97 Å². The van der Waals surface area contributed by atoms with Crippen molar-refractivity contribution >= 4 is 28.9 Å². The Kier molecular flexibility index (Phi) is 3.80. The van der Waals surface area contributed by atoms with Crippen molar-refractivity contribution in [1.82, 2.24) is 0 Å². The summed E-state index contributed by atoms with van der Waals surface area (Å²) in [5.41, 5.74) is 0.153. The van der Waals surface area contributed by atoms with E-state index in [9.17, 15) is 18.4 Å². The topological polar surface area (TPSA) is 66.4 Å². The van der Waals surface area contributed by atoms with E-state index in [4.69, 9.17) is 5.11 Å². The number of carbonyl (C=O) groups is 2. The van der Waals surface area contributed by atoms with Gasteiger partial charge in [0.25, 0.3) is 5.91 Å². The average Bonchev–Trinajstić information content (AvgIpc) is 2.74. The molecule has 0 saturated carbocycles. The first-order valence-corrected chi connectivity index (χ1v) is 6.36. The van der Waals surface area contributed by atoms with Crippen LogP contribution in [0.5, 0.6) is 0 Å². The molecule has 1 aromatic heterocycles. The fraction of sp³-hybridized carbons (Fsp3) is 0.0769. The van der Waals surface area contributed by atoms with Crippen molar-refractivity contribution in [1.29, 1.82) is 0 Å². The van der Waals surface area contributed by atoms with Gasteiger partial charge < -0.3 is 10.4 Å². The number of thiophene rings is 1. The van der Waals surface area contributed by atoms with E-state index in [1.54, 1.807) is 12.3 Å². The summed E-state index contributed by atoms with van der Waals surface area (Å²) in [5, 5.41) is 12.9. The highest BCUT2D eigenvalue weighted by Crippen LogP contribution is 2.28. The lowest BCUT2D eigenvalue weighted by molar-refractivity contribution is 0.0703. The Morgan fingerprint density at radius 1 is 1.30 bits per heavy atom. The standard InChI is InChI=1S/C13H9F2NO3S/c1-6-5-20-11(13(18)19)10(6)16-12(17)7-3-2-4-8(14)9(7)15/h2-5H,1H3,(H,16,17)(H,18,19). The van der Waals surface area contributed by atoms with E-state index in [2.05, 4.69) is 5.32 Å². The largest absolute Gasteiger partial charge is 0.477 e. The summed E-state index contributed by atoms with van der Waals surface area (Å²) >= 11 is 0.947. The molecule has 1 amide bonds. The zero-order valence-corrected chi connectivity index (χ0v) is 11.1. The van der Waals surface area contributed by atoms with E-state index >= 15 is 0 Å². The van der Waals surface area contributed by atoms with E-state index in [1.807, 2.05) is 0 Å². The van der Waals surface area contributed by atoms with Crippen molar-refractivity contribution in [2.75, 3.05) is 5.32 Å². The van der Waals surface area contributed by atoms with Gasteiger partial charge in [0.1, 0.15) is 4.88 Å². The smallest absolute Gasteiger partial charge is 0.348 e. The first kappa shape index (κ1) is 14.1. The third kappa shape index (κ3) is 2.53. The van der Waals surface area contributed by atoms with Gasteiger partial charge in [0.15, 0.2) is 11.6 Å². The first-order valence-electron chi connectivity index (χ1n) is 5.48. The highest BCUT2D eigenvalue weighted by Gasteiger charge is 2.20. The van der Waals surface area contributed by atoms with Crippen LogP contribution < -0.4 is 5.32 Å². The highest BCUT2D eigenvalue weighted by molar-refractivity contribution is 7.12. The van der Waals surface area contributed by atoms with Crippen LogP contribution in [-0.4, -0.2) is 17.0 Å². The third-order valence-corrected chi connectivity index (χ3v) is 3.69. The number of aryl methyl sites for hydroxylation is 1. The molecule has 0 aliphatic carbocycles. The lowest BCUT2D eigenvalue weighted by Crippen LogP contribution is -2.16. The van der Waals surface area contributed by atoms with Crippen LogP contribution in [0.15, 0.2) is 23.6 Å². The number of rotatable bonds is 3. The second-order valence-electron chi connectivity index (χ2n) is 3.98. The minimum absolute atomic E-state index is 0.0624. The zero-order chi connectivity index (χ0) is 14.9. The summed E-state index contributed by atoms with van der Waals surface area (Å²) in [4.78, 5) is 22.8. The summed E-state index contributed by atoms with van der Waals surface area (Å²) in [6.45, 7) is 1.61. The number of halogens is 2. The molecule has 20 heavy (non-hydrogen) atoms. The number of carboxylic acid groups (broad SMARTS) is 1. The predicted molar refractivity (Wildman–Crippen MR) is 70.3 cm³/mol. The molecule has 1 heterocycles. The number of hydrogen-bond acceptors (Lipinski definition) is 3. The Hall–Kier alpha value is -2.28. The molecule has 0 atom stereocenters. The fourth-order valence-electron chi connectivity index (χ4n) is 1.62. The van der Waals surface area contributed by atoms with Crippen LogP contribution in [0.4, 0.5) is 14.5 Å². The molecule has 0 spiro atoms. The van der Waals surface area contributed by atoms with Crippen molar-refractivity contribution in [3.63, 3.8) is 0 Å². The van der Waals surface area contributed by atoms with Crippen LogP contribution in [0.3, 0.4) is 0 Å². The van der Waals surface area contributed by atoms with Crippen LogP contribution in [0.2, 0.25) is 0 Å². The van der Waals surface area contributed by atoms with E-state index in [0.717, 1.165) is 23.5 Å². The van der Waals surface area contributed by atoms with Gasteiger partial charge in [-0.15, -0.1) is 11.3 Å².